The van der Waals surface area contributed by atoms with E-state index in [1.165, 1.54) is 0 Å². The molecular weight excluding hydrogens is 296 g/mol. The SMILES string of the molecule is Cc1cnc(-c2ccnc(Nc3ccc4cn[nH]c4c3)n2)s1. The summed E-state index contributed by atoms with van der Waals surface area (Å²) in [6.45, 7) is 2.03. The van der Waals surface area contributed by atoms with Gasteiger partial charge in [-0.1, -0.05) is 0 Å². The molecule has 0 aliphatic rings. The number of anilines is 2. The Balaban J connectivity index is 1.65. The van der Waals surface area contributed by atoms with Crippen molar-refractivity contribution in [2.24, 2.45) is 0 Å². The fourth-order valence-electron chi connectivity index (χ4n) is 2.16. The molecule has 6 nitrogen and oxygen atoms in total. The van der Waals surface area contributed by atoms with Crippen LogP contribution in [0.4, 0.5) is 11.6 Å². The van der Waals surface area contributed by atoms with Crippen LogP contribution < -0.4 is 5.32 Å². The quantitative estimate of drug-likeness (QED) is 0.605. The third-order valence-corrected chi connectivity index (χ3v) is 4.13. The van der Waals surface area contributed by atoms with Gasteiger partial charge in [0.05, 0.1) is 11.7 Å². The van der Waals surface area contributed by atoms with Crippen molar-refractivity contribution in [1.29, 1.82) is 0 Å². The highest BCUT2D eigenvalue weighted by Crippen LogP contribution is 2.24. The van der Waals surface area contributed by atoms with E-state index in [-0.39, 0.29) is 0 Å². The number of nitrogens with one attached hydrogen (secondary N) is 2. The lowest BCUT2D eigenvalue weighted by Crippen LogP contribution is -1.97. The van der Waals surface area contributed by atoms with Gasteiger partial charge in [0.1, 0.15) is 10.7 Å². The Morgan fingerprint density at radius 1 is 1.14 bits per heavy atom. The van der Waals surface area contributed by atoms with Crippen molar-refractivity contribution < 1.29 is 0 Å². The van der Waals surface area contributed by atoms with E-state index in [9.17, 15) is 0 Å². The zero-order valence-corrected chi connectivity index (χ0v) is 12.6. The molecule has 0 atom stereocenters. The number of hydrogen-bond donors (Lipinski definition) is 2. The van der Waals surface area contributed by atoms with Gasteiger partial charge in [0, 0.05) is 28.3 Å². The number of thiazole rings is 1. The van der Waals surface area contributed by atoms with Gasteiger partial charge in [-0.2, -0.15) is 5.10 Å². The number of nitrogens with zero attached hydrogens (tertiary/aromatic N) is 4. The van der Waals surface area contributed by atoms with Crippen molar-refractivity contribution in [1.82, 2.24) is 25.1 Å². The highest BCUT2D eigenvalue weighted by molar-refractivity contribution is 7.14. The van der Waals surface area contributed by atoms with Gasteiger partial charge in [0.2, 0.25) is 5.95 Å². The highest BCUT2D eigenvalue weighted by Gasteiger charge is 2.07. The Bertz CT molecular complexity index is 942. The first-order chi connectivity index (χ1) is 10.8. The molecule has 2 N–H and O–H groups in total. The van der Waals surface area contributed by atoms with Gasteiger partial charge >= 0.3 is 0 Å². The molecule has 3 aromatic heterocycles. The van der Waals surface area contributed by atoms with Gasteiger partial charge in [0.15, 0.2) is 0 Å². The summed E-state index contributed by atoms with van der Waals surface area (Å²) >= 11 is 1.62. The minimum absolute atomic E-state index is 0.546. The molecule has 0 saturated heterocycles. The van der Waals surface area contributed by atoms with E-state index in [0.29, 0.717) is 5.95 Å². The standard InChI is InChI=1S/C15H12N6S/c1-9-7-17-14(22-9)12-4-5-16-15(20-12)19-11-3-2-10-8-18-21-13(10)6-11/h2-8H,1H3,(H,18,21)(H,16,19,20). The van der Waals surface area contributed by atoms with E-state index in [0.717, 1.165) is 32.2 Å². The Morgan fingerprint density at radius 2 is 2.09 bits per heavy atom. The zero-order valence-electron chi connectivity index (χ0n) is 11.7. The van der Waals surface area contributed by atoms with Crippen molar-refractivity contribution >= 4 is 33.9 Å². The van der Waals surface area contributed by atoms with E-state index < -0.39 is 0 Å². The fraction of sp³-hybridized carbons (Fsp3) is 0.0667. The number of rotatable bonds is 3. The maximum Gasteiger partial charge on any atom is 0.227 e. The predicted molar refractivity (Wildman–Crippen MR) is 87.3 cm³/mol. The molecular formula is C15H12N6S. The number of benzene rings is 1. The lowest BCUT2D eigenvalue weighted by Gasteiger charge is -2.05. The lowest BCUT2D eigenvalue weighted by molar-refractivity contribution is 1.12. The number of fused-ring (bicyclic) bond motifs is 1. The molecule has 0 radical (unpaired) electrons. The maximum atomic E-state index is 4.52. The number of aryl methyl sites for hydroxylation is 1. The zero-order chi connectivity index (χ0) is 14.9. The fourth-order valence-corrected chi connectivity index (χ4v) is 2.89. The smallest absolute Gasteiger partial charge is 0.227 e. The molecule has 108 valence electrons. The average molecular weight is 308 g/mol. The second-order valence-corrected chi connectivity index (χ2v) is 6.07. The number of aromatic nitrogens is 5. The van der Waals surface area contributed by atoms with Gasteiger partial charge in [-0.05, 0) is 31.2 Å². The van der Waals surface area contributed by atoms with Crippen LogP contribution in [0.5, 0.6) is 0 Å². The minimum atomic E-state index is 0.546. The molecule has 0 amide bonds. The van der Waals surface area contributed by atoms with Crippen LogP contribution in [-0.4, -0.2) is 25.1 Å². The molecule has 4 rings (SSSR count). The summed E-state index contributed by atoms with van der Waals surface area (Å²) in [5, 5.41) is 12.1. The van der Waals surface area contributed by atoms with E-state index in [2.05, 4.69) is 30.5 Å². The van der Waals surface area contributed by atoms with Crippen LogP contribution >= 0.6 is 11.3 Å². The molecule has 0 bridgehead atoms. The molecule has 0 saturated carbocycles. The molecule has 0 fully saturated rings. The van der Waals surface area contributed by atoms with Crippen LogP contribution in [0.25, 0.3) is 21.6 Å². The summed E-state index contributed by atoms with van der Waals surface area (Å²) in [5.74, 6) is 0.546. The molecule has 1 aromatic carbocycles. The first-order valence-electron chi connectivity index (χ1n) is 6.74. The maximum absolute atomic E-state index is 4.52. The molecule has 0 spiro atoms. The van der Waals surface area contributed by atoms with Gasteiger partial charge in [0.25, 0.3) is 0 Å². The van der Waals surface area contributed by atoms with Gasteiger partial charge in [-0.15, -0.1) is 11.3 Å². The molecule has 3 heterocycles. The second-order valence-electron chi connectivity index (χ2n) is 4.84. The number of aromatic amines is 1. The summed E-state index contributed by atoms with van der Waals surface area (Å²) in [6.07, 6.45) is 5.37. The molecule has 7 heteroatoms. The Labute approximate surface area is 130 Å². The normalized spacial score (nSPS) is 11.0. The monoisotopic (exact) mass is 308 g/mol. The summed E-state index contributed by atoms with van der Waals surface area (Å²) in [5.41, 5.74) is 2.69. The Morgan fingerprint density at radius 3 is 2.95 bits per heavy atom. The van der Waals surface area contributed by atoms with Gasteiger partial charge in [-0.25, -0.2) is 15.0 Å². The summed E-state index contributed by atoms with van der Waals surface area (Å²) in [4.78, 5) is 14.3. The molecule has 0 unspecified atom stereocenters. The first-order valence-corrected chi connectivity index (χ1v) is 7.55. The predicted octanol–water partition coefficient (Wildman–Crippen LogP) is 3.53. The average Bonchev–Trinajstić information content (AvgIpc) is 3.16. The van der Waals surface area contributed by atoms with Crippen LogP contribution in [0.3, 0.4) is 0 Å². The van der Waals surface area contributed by atoms with Gasteiger partial charge < -0.3 is 5.32 Å². The summed E-state index contributed by atoms with van der Waals surface area (Å²) < 4.78 is 0. The van der Waals surface area contributed by atoms with E-state index in [1.807, 2.05) is 37.4 Å². The first kappa shape index (κ1) is 12.9. The number of H-pyrrole nitrogens is 1. The highest BCUT2D eigenvalue weighted by atomic mass is 32.1. The lowest BCUT2D eigenvalue weighted by atomic mass is 10.2. The van der Waals surface area contributed by atoms with Crippen molar-refractivity contribution in [3.8, 4) is 10.7 Å². The molecule has 4 aromatic rings. The van der Waals surface area contributed by atoms with Crippen molar-refractivity contribution in [3.63, 3.8) is 0 Å². The second kappa shape index (κ2) is 5.19. The molecule has 0 aliphatic carbocycles. The van der Waals surface area contributed by atoms with Crippen LogP contribution in [0, 0.1) is 6.92 Å². The Kier molecular flexibility index (Phi) is 3.05. The molecule has 22 heavy (non-hydrogen) atoms. The van der Waals surface area contributed by atoms with Crippen molar-refractivity contribution in [2.45, 2.75) is 6.92 Å². The van der Waals surface area contributed by atoms with E-state index in [1.54, 1.807) is 23.7 Å². The van der Waals surface area contributed by atoms with Gasteiger partial charge in [-0.3, -0.25) is 5.10 Å². The van der Waals surface area contributed by atoms with Crippen LogP contribution in [0.1, 0.15) is 4.88 Å². The van der Waals surface area contributed by atoms with Crippen molar-refractivity contribution in [2.75, 3.05) is 5.32 Å². The molecule has 0 aliphatic heterocycles. The van der Waals surface area contributed by atoms with Crippen LogP contribution in [-0.2, 0) is 0 Å². The topological polar surface area (TPSA) is 79.4 Å². The van der Waals surface area contributed by atoms with Crippen molar-refractivity contribution in [3.05, 3.63) is 47.7 Å². The Hall–Kier alpha value is -2.80. The van der Waals surface area contributed by atoms with Crippen LogP contribution in [0.15, 0.2) is 42.9 Å². The summed E-state index contributed by atoms with van der Waals surface area (Å²) in [6, 6.07) is 7.81. The van der Waals surface area contributed by atoms with E-state index >= 15 is 0 Å². The minimum Gasteiger partial charge on any atom is -0.324 e. The third-order valence-electron chi connectivity index (χ3n) is 3.19. The third kappa shape index (κ3) is 2.42. The number of hydrogen-bond acceptors (Lipinski definition) is 6. The summed E-state index contributed by atoms with van der Waals surface area (Å²) in [7, 11) is 0. The largest absolute Gasteiger partial charge is 0.324 e. The van der Waals surface area contributed by atoms with Crippen LogP contribution in [0.2, 0.25) is 0 Å². The van der Waals surface area contributed by atoms with E-state index in [4.69, 9.17) is 0 Å².